The molecule has 3 rings (SSSR count). The molecule has 0 fully saturated rings. The Morgan fingerprint density at radius 1 is 1.29 bits per heavy atom. The Morgan fingerprint density at radius 2 is 2.14 bits per heavy atom. The number of aryl methyl sites for hydroxylation is 1. The molecule has 3 aromatic rings. The van der Waals surface area contributed by atoms with Gasteiger partial charge in [0.2, 0.25) is 0 Å². The zero-order chi connectivity index (χ0) is 14.8. The summed E-state index contributed by atoms with van der Waals surface area (Å²) < 4.78 is 7.80. The summed E-state index contributed by atoms with van der Waals surface area (Å²) in [7, 11) is 0. The van der Waals surface area contributed by atoms with Gasteiger partial charge in [0.15, 0.2) is 0 Å². The summed E-state index contributed by atoms with van der Waals surface area (Å²) >= 11 is 0. The zero-order valence-electron chi connectivity index (χ0n) is 12.2. The highest BCUT2D eigenvalue weighted by atomic mass is 16.5. The van der Waals surface area contributed by atoms with Crippen molar-refractivity contribution in [3.05, 3.63) is 65.6 Å². The molecule has 108 valence electrons. The maximum Gasteiger partial charge on any atom is 0.137 e. The van der Waals surface area contributed by atoms with E-state index >= 15 is 0 Å². The summed E-state index contributed by atoms with van der Waals surface area (Å²) in [6, 6.07) is 11.6. The smallest absolute Gasteiger partial charge is 0.137 e. The van der Waals surface area contributed by atoms with Crippen LogP contribution in [0.2, 0.25) is 0 Å². The number of aromatic nitrogens is 2. The highest BCUT2D eigenvalue weighted by Gasteiger charge is 2.07. The van der Waals surface area contributed by atoms with E-state index in [2.05, 4.69) is 4.98 Å². The minimum atomic E-state index is -0.462. The van der Waals surface area contributed by atoms with Crippen molar-refractivity contribution in [2.45, 2.75) is 26.6 Å². The Morgan fingerprint density at radius 3 is 2.86 bits per heavy atom. The Labute approximate surface area is 123 Å². The maximum atomic E-state index is 9.57. The summed E-state index contributed by atoms with van der Waals surface area (Å²) in [6.07, 6.45) is 3.47. The fourth-order valence-electron chi connectivity index (χ4n) is 2.30. The molecule has 0 aliphatic heterocycles. The molecule has 0 aliphatic carbocycles. The van der Waals surface area contributed by atoms with E-state index in [4.69, 9.17) is 4.74 Å². The lowest BCUT2D eigenvalue weighted by atomic mass is 10.1. The normalized spacial score (nSPS) is 12.5. The van der Waals surface area contributed by atoms with Gasteiger partial charge in [-0.1, -0.05) is 12.1 Å². The van der Waals surface area contributed by atoms with E-state index < -0.39 is 6.10 Å². The molecule has 1 N–H and O–H groups in total. The molecule has 0 spiro atoms. The number of rotatable bonds is 4. The van der Waals surface area contributed by atoms with Crippen molar-refractivity contribution in [1.29, 1.82) is 0 Å². The molecule has 2 heterocycles. The van der Waals surface area contributed by atoms with Crippen LogP contribution in [0.4, 0.5) is 0 Å². The van der Waals surface area contributed by atoms with Gasteiger partial charge >= 0.3 is 0 Å². The van der Waals surface area contributed by atoms with Gasteiger partial charge in [0.05, 0.1) is 11.8 Å². The van der Waals surface area contributed by atoms with Crippen LogP contribution in [-0.4, -0.2) is 14.5 Å². The van der Waals surface area contributed by atoms with E-state index in [0.717, 1.165) is 28.2 Å². The molecule has 4 nitrogen and oxygen atoms in total. The molecule has 2 aromatic heterocycles. The maximum absolute atomic E-state index is 9.57. The number of aliphatic hydroxyl groups excluding tert-OH is 1. The minimum Gasteiger partial charge on any atom is -0.487 e. The summed E-state index contributed by atoms with van der Waals surface area (Å²) in [5.74, 6) is 0.816. The molecule has 21 heavy (non-hydrogen) atoms. The van der Waals surface area contributed by atoms with Crippen molar-refractivity contribution >= 4 is 5.65 Å². The van der Waals surface area contributed by atoms with Crippen molar-refractivity contribution in [1.82, 2.24) is 9.38 Å². The van der Waals surface area contributed by atoms with Gasteiger partial charge in [-0.15, -0.1) is 0 Å². The highest BCUT2D eigenvalue weighted by Crippen LogP contribution is 2.23. The van der Waals surface area contributed by atoms with E-state index in [1.54, 1.807) is 6.92 Å². The van der Waals surface area contributed by atoms with Crippen LogP contribution in [0, 0.1) is 6.92 Å². The predicted octanol–water partition coefficient (Wildman–Crippen LogP) is 3.28. The number of imidazole rings is 1. The molecule has 0 saturated heterocycles. The van der Waals surface area contributed by atoms with Crippen molar-refractivity contribution in [2.75, 3.05) is 0 Å². The van der Waals surface area contributed by atoms with Gasteiger partial charge in [0.1, 0.15) is 18.0 Å². The van der Waals surface area contributed by atoms with E-state index in [1.165, 1.54) is 0 Å². The third kappa shape index (κ3) is 2.90. The monoisotopic (exact) mass is 282 g/mol. The molecule has 0 radical (unpaired) electrons. The summed E-state index contributed by atoms with van der Waals surface area (Å²) in [5, 5.41) is 9.57. The van der Waals surface area contributed by atoms with Crippen molar-refractivity contribution in [3.8, 4) is 5.75 Å². The second kappa shape index (κ2) is 5.58. The van der Waals surface area contributed by atoms with Crippen molar-refractivity contribution in [3.63, 3.8) is 0 Å². The first kappa shape index (κ1) is 13.6. The van der Waals surface area contributed by atoms with Crippen LogP contribution >= 0.6 is 0 Å². The van der Waals surface area contributed by atoms with Crippen LogP contribution in [0.25, 0.3) is 5.65 Å². The molecule has 1 aromatic carbocycles. The molecule has 1 atom stereocenters. The Kier molecular flexibility index (Phi) is 3.62. The van der Waals surface area contributed by atoms with E-state index in [1.807, 2.05) is 60.1 Å². The van der Waals surface area contributed by atoms with Crippen LogP contribution in [0.1, 0.15) is 29.8 Å². The van der Waals surface area contributed by atoms with Crippen LogP contribution in [0.3, 0.4) is 0 Å². The molecular formula is C17H18N2O2. The SMILES string of the molecule is Cc1cc([C@@H](C)O)ccc1OCc1cn2ccccc2n1. The quantitative estimate of drug-likeness (QED) is 0.799. The molecule has 0 amide bonds. The molecule has 0 unspecified atom stereocenters. The number of ether oxygens (including phenoxy) is 1. The van der Waals surface area contributed by atoms with E-state index in [0.29, 0.717) is 6.61 Å². The Balaban J connectivity index is 1.75. The van der Waals surface area contributed by atoms with E-state index in [9.17, 15) is 5.11 Å². The molecular weight excluding hydrogens is 264 g/mol. The van der Waals surface area contributed by atoms with Crippen molar-refractivity contribution < 1.29 is 9.84 Å². The third-order valence-electron chi connectivity index (χ3n) is 3.47. The standard InChI is InChI=1S/C17H18N2O2/c1-12-9-14(13(2)20)6-7-16(12)21-11-15-10-19-8-4-3-5-17(19)18-15/h3-10,13,20H,11H2,1-2H3/t13-/m1/s1. The van der Waals surface area contributed by atoms with Gasteiger partial charge in [0.25, 0.3) is 0 Å². The molecule has 4 heteroatoms. The number of aliphatic hydroxyl groups is 1. The lowest BCUT2D eigenvalue weighted by Crippen LogP contribution is -1.99. The number of benzene rings is 1. The molecule has 0 aliphatic rings. The fourth-order valence-corrected chi connectivity index (χ4v) is 2.30. The number of hydrogen-bond acceptors (Lipinski definition) is 3. The van der Waals surface area contributed by atoms with Gasteiger partial charge in [-0.2, -0.15) is 0 Å². The fraction of sp³-hybridized carbons (Fsp3) is 0.235. The first-order chi connectivity index (χ1) is 10.1. The van der Waals surface area contributed by atoms with Crippen LogP contribution in [0.15, 0.2) is 48.8 Å². The van der Waals surface area contributed by atoms with Gasteiger partial charge in [-0.25, -0.2) is 4.98 Å². The number of pyridine rings is 1. The Bertz CT molecular complexity index is 729. The third-order valence-corrected chi connectivity index (χ3v) is 3.47. The second-order valence-corrected chi connectivity index (χ2v) is 5.19. The summed E-state index contributed by atoms with van der Waals surface area (Å²) in [5.41, 5.74) is 3.71. The van der Waals surface area contributed by atoms with E-state index in [-0.39, 0.29) is 0 Å². The average molecular weight is 282 g/mol. The lowest BCUT2D eigenvalue weighted by Gasteiger charge is -2.11. The first-order valence-electron chi connectivity index (χ1n) is 6.97. The largest absolute Gasteiger partial charge is 0.487 e. The summed E-state index contributed by atoms with van der Waals surface area (Å²) in [4.78, 5) is 4.50. The molecule has 0 saturated carbocycles. The van der Waals surface area contributed by atoms with Gasteiger partial charge in [-0.05, 0) is 49.2 Å². The molecule has 0 bridgehead atoms. The number of hydrogen-bond donors (Lipinski definition) is 1. The first-order valence-corrected chi connectivity index (χ1v) is 6.97. The second-order valence-electron chi connectivity index (χ2n) is 5.19. The predicted molar refractivity (Wildman–Crippen MR) is 81.3 cm³/mol. The van der Waals surface area contributed by atoms with Crippen molar-refractivity contribution in [2.24, 2.45) is 0 Å². The lowest BCUT2D eigenvalue weighted by molar-refractivity contribution is 0.199. The number of fused-ring (bicyclic) bond motifs is 1. The number of nitrogens with zero attached hydrogens (tertiary/aromatic N) is 2. The van der Waals surface area contributed by atoms with Crippen LogP contribution < -0.4 is 4.74 Å². The van der Waals surface area contributed by atoms with Crippen LogP contribution in [0.5, 0.6) is 5.75 Å². The van der Waals surface area contributed by atoms with Gasteiger partial charge in [0, 0.05) is 12.4 Å². The van der Waals surface area contributed by atoms with Gasteiger partial charge < -0.3 is 14.2 Å². The minimum absolute atomic E-state index is 0.427. The van der Waals surface area contributed by atoms with Gasteiger partial charge in [-0.3, -0.25) is 0 Å². The van der Waals surface area contributed by atoms with Crippen LogP contribution in [-0.2, 0) is 6.61 Å². The zero-order valence-corrected chi connectivity index (χ0v) is 12.2. The average Bonchev–Trinajstić information content (AvgIpc) is 2.88. The Hall–Kier alpha value is -2.33. The topological polar surface area (TPSA) is 46.8 Å². The highest BCUT2D eigenvalue weighted by molar-refractivity contribution is 5.40. The summed E-state index contributed by atoms with van der Waals surface area (Å²) in [6.45, 7) is 4.16.